The predicted molar refractivity (Wildman–Crippen MR) is 89.8 cm³/mol. The Kier molecular flexibility index (Phi) is 4.49. The molecule has 3 aromatic heterocycles. The highest BCUT2D eigenvalue weighted by atomic mass is 35.5. The van der Waals surface area contributed by atoms with Gasteiger partial charge in [0.05, 0.1) is 16.2 Å². The molecule has 0 bridgehead atoms. The van der Waals surface area contributed by atoms with Crippen LogP contribution in [0, 0.1) is 0 Å². The fourth-order valence-electron chi connectivity index (χ4n) is 2.07. The van der Waals surface area contributed by atoms with Crippen molar-refractivity contribution in [2.24, 2.45) is 7.05 Å². The summed E-state index contributed by atoms with van der Waals surface area (Å²) < 4.78 is 29.4. The first-order valence-corrected chi connectivity index (χ1v) is 9.31. The van der Waals surface area contributed by atoms with Crippen molar-refractivity contribution in [3.63, 3.8) is 0 Å². The number of nitrogens with zero attached hydrogens (tertiary/aromatic N) is 3. The number of pyridine rings is 1. The van der Waals surface area contributed by atoms with Crippen molar-refractivity contribution < 1.29 is 8.42 Å². The van der Waals surface area contributed by atoms with E-state index in [4.69, 9.17) is 11.6 Å². The second kappa shape index (κ2) is 6.40. The lowest BCUT2D eigenvalue weighted by atomic mass is 10.1. The van der Waals surface area contributed by atoms with Gasteiger partial charge in [0.25, 0.3) is 0 Å². The Labute approximate surface area is 142 Å². The number of hydrogen-bond acceptors (Lipinski definition) is 5. The van der Waals surface area contributed by atoms with Crippen molar-refractivity contribution >= 4 is 33.0 Å². The van der Waals surface area contributed by atoms with Crippen LogP contribution in [-0.2, 0) is 23.6 Å². The minimum absolute atomic E-state index is 0.135. The van der Waals surface area contributed by atoms with E-state index in [1.807, 2.05) is 19.3 Å². The average molecular weight is 369 g/mol. The normalized spacial score (nSPS) is 11.7. The van der Waals surface area contributed by atoms with Gasteiger partial charge in [0.1, 0.15) is 4.21 Å². The van der Waals surface area contributed by atoms with E-state index in [-0.39, 0.29) is 10.8 Å². The third-order valence-electron chi connectivity index (χ3n) is 3.14. The van der Waals surface area contributed by atoms with E-state index >= 15 is 0 Å². The number of aromatic nitrogens is 3. The highest BCUT2D eigenvalue weighted by molar-refractivity contribution is 7.91. The molecular formula is C14H13ClN4O2S2. The van der Waals surface area contributed by atoms with Crippen molar-refractivity contribution in [2.75, 3.05) is 0 Å². The van der Waals surface area contributed by atoms with E-state index in [1.54, 1.807) is 29.2 Å². The van der Waals surface area contributed by atoms with Gasteiger partial charge in [-0.05, 0) is 23.8 Å². The summed E-state index contributed by atoms with van der Waals surface area (Å²) in [5.74, 6) is 0. The Morgan fingerprint density at radius 2 is 2.17 bits per heavy atom. The van der Waals surface area contributed by atoms with Crippen LogP contribution >= 0.6 is 22.9 Å². The van der Waals surface area contributed by atoms with Crippen LogP contribution in [0.3, 0.4) is 0 Å². The van der Waals surface area contributed by atoms with Crippen molar-refractivity contribution in [1.29, 1.82) is 0 Å². The van der Waals surface area contributed by atoms with Crippen molar-refractivity contribution in [3.05, 3.63) is 52.8 Å². The largest absolute Gasteiger partial charge is 0.275 e. The Bertz CT molecular complexity index is 934. The van der Waals surface area contributed by atoms with Crippen LogP contribution in [0.25, 0.3) is 11.3 Å². The molecule has 0 saturated heterocycles. The van der Waals surface area contributed by atoms with Gasteiger partial charge >= 0.3 is 0 Å². The summed E-state index contributed by atoms with van der Waals surface area (Å²) in [7, 11) is -1.78. The first-order valence-electron chi connectivity index (χ1n) is 6.63. The van der Waals surface area contributed by atoms with Gasteiger partial charge in [-0.1, -0.05) is 17.7 Å². The average Bonchev–Trinajstić information content (AvgIpc) is 3.15. The standard InChI is InChI=1S/C14H13ClN4O2S2/c1-19-9-11(7-17-19)14-10(3-2-6-16-14)8-18-23(20,21)13-5-4-12(15)22-13/h2-7,9,18H,8H2,1H3. The van der Waals surface area contributed by atoms with Crippen LogP contribution in [0.1, 0.15) is 5.56 Å². The smallest absolute Gasteiger partial charge is 0.250 e. The summed E-state index contributed by atoms with van der Waals surface area (Å²) in [6.45, 7) is 0.135. The summed E-state index contributed by atoms with van der Waals surface area (Å²) in [5, 5.41) is 4.12. The fourth-order valence-corrected chi connectivity index (χ4v) is 4.60. The summed E-state index contributed by atoms with van der Waals surface area (Å²) in [6.07, 6.45) is 5.19. The highest BCUT2D eigenvalue weighted by Crippen LogP contribution is 2.26. The molecule has 3 aromatic rings. The predicted octanol–water partition coefficient (Wildman–Crippen LogP) is 2.68. The molecule has 0 aliphatic rings. The molecule has 23 heavy (non-hydrogen) atoms. The van der Waals surface area contributed by atoms with Crippen LogP contribution < -0.4 is 4.72 Å². The lowest BCUT2D eigenvalue weighted by Crippen LogP contribution is -2.22. The number of halogens is 1. The zero-order valence-electron chi connectivity index (χ0n) is 12.1. The topological polar surface area (TPSA) is 76.9 Å². The van der Waals surface area contributed by atoms with Gasteiger partial charge in [-0.2, -0.15) is 5.10 Å². The zero-order chi connectivity index (χ0) is 16.4. The van der Waals surface area contributed by atoms with E-state index in [0.29, 0.717) is 10.0 Å². The molecule has 0 aromatic carbocycles. The Morgan fingerprint density at radius 1 is 1.35 bits per heavy atom. The summed E-state index contributed by atoms with van der Waals surface area (Å²) in [4.78, 5) is 4.33. The summed E-state index contributed by atoms with van der Waals surface area (Å²) in [5.41, 5.74) is 2.31. The van der Waals surface area contributed by atoms with Crippen molar-refractivity contribution in [2.45, 2.75) is 10.8 Å². The van der Waals surface area contributed by atoms with Gasteiger partial charge < -0.3 is 0 Å². The van der Waals surface area contributed by atoms with Crippen LogP contribution in [-0.4, -0.2) is 23.2 Å². The van der Waals surface area contributed by atoms with Gasteiger partial charge in [0.2, 0.25) is 10.0 Å². The molecule has 3 heterocycles. The van der Waals surface area contributed by atoms with E-state index in [0.717, 1.165) is 22.5 Å². The molecule has 3 rings (SSSR count). The molecule has 1 N–H and O–H groups in total. The van der Waals surface area contributed by atoms with Gasteiger partial charge in [-0.25, -0.2) is 13.1 Å². The molecule has 0 radical (unpaired) electrons. The van der Waals surface area contributed by atoms with Crippen LogP contribution in [0.5, 0.6) is 0 Å². The maximum atomic E-state index is 12.3. The number of rotatable bonds is 5. The number of nitrogens with one attached hydrogen (secondary N) is 1. The minimum Gasteiger partial charge on any atom is -0.275 e. The van der Waals surface area contributed by atoms with Gasteiger partial charge in [0.15, 0.2) is 0 Å². The van der Waals surface area contributed by atoms with Crippen LogP contribution in [0.2, 0.25) is 4.34 Å². The Morgan fingerprint density at radius 3 is 2.83 bits per heavy atom. The number of hydrogen-bond donors (Lipinski definition) is 1. The first kappa shape index (κ1) is 16.1. The Hall–Kier alpha value is -1.74. The second-order valence-corrected chi connectivity index (χ2v) is 8.51. The molecule has 0 saturated carbocycles. The molecule has 0 aliphatic carbocycles. The monoisotopic (exact) mass is 368 g/mol. The third-order valence-corrected chi connectivity index (χ3v) is 6.26. The van der Waals surface area contributed by atoms with Crippen molar-refractivity contribution in [3.8, 4) is 11.3 Å². The molecule has 9 heteroatoms. The number of sulfonamides is 1. The van der Waals surface area contributed by atoms with Crippen molar-refractivity contribution in [1.82, 2.24) is 19.5 Å². The van der Waals surface area contributed by atoms with Crippen LogP contribution in [0.4, 0.5) is 0 Å². The minimum atomic E-state index is -3.60. The fraction of sp³-hybridized carbons (Fsp3) is 0.143. The van der Waals surface area contributed by atoms with E-state index in [2.05, 4.69) is 14.8 Å². The molecule has 0 fully saturated rings. The van der Waals surface area contributed by atoms with Gasteiger partial charge in [-0.3, -0.25) is 9.67 Å². The molecule has 0 atom stereocenters. The number of thiophene rings is 1. The maximum Gasteiger partial charge on any atom is 0.250 e. The van der Waals surface area contributed by atoms with E-state index < -0.39 is 10.0 Å². The number of aryl methyl sites for hydroxylation is 1. The Balaban J connectivity index is 1.84. The quantitative estimate of drug-likeness (QED) is 0.751. The van der Waals surface area contributed by atoms with E-state index in [1.165, 1.54) is 6.07 Å². The third kappa shape index (κ3) is 3.61. The highest BCUT2D eigenvalue weighted by Gasteiger charge is 2.17. The summed E-state index contributed by atoms with van der Waals surface area (Å²) in [6, 6.07) is 6.65. The molecule has 120 valence electrons. The molecular weight excluding hydrogens is 356 g/mol. The zero-order valence-corrected chi connectivity index (χ0v) is 14.5. The molecule has 0 spiro atoms. The molecule has 0 aliphatic heterocycles. The molecule has 0 amide bonds. The summed E-state index contributed by atoms with van der Waals surface area (Å²) >= 11 is 6.82. The van der Waals surface area contributed by atoms with Gasteiger partial charge in [0, 0.05) is 31.5 Å². The molecule has 0 unspecified atom stereocenters. The maximum absolute atomic E-state index is 12.3. The lowest BCUT2D eigenvalue weighted by molar-refractivity contribution is 0.583. The molecule has 6 nitrogen and oxygen atoms in total. The second-order valence-electron chi connectivity index (χ2n) is 4.80. The SMILES string of the molecule is Cn1cc(-c2ncccc2CNS(=O)(=O)c2ccc(Cl)s2)cn1. The first-order chi connectivity index (χ1) is 11.0. The lowest BCUT2D eigenvalue weighted by Gasteiger charge is -2.08. The van der Waals surface area contributed by atoms with Crippen LogP contribution in [0.15, 0.2) is 47.1 Å². The van der Waals surface area contributed by atoms with Gasteiger partial charge in [-0.15, -0.1) is 11.3 Å². The van der Waals surface area contributed by atoms with E-state index in [9.17, 15) is 8.42 Å².